The number of hydrogen-bond acceptors (Lipinski definition) is 3. The lowest BCUT2D eigenvalue weighted by molar-refractivity contribution is 0.0674. The van der Waals surface area contributed by atoms with Crippen LogP contribution in [-0.2, 0) is 0 Å². The van der Waals surface area contributed by atoms with Crippen LogP contribution >= 0.6 is 24.0 Å². The second kappa shape index (κ2) is 8.47. The molecule has 2 heterocycles. The molecule has 0 spiro atoms. The molecule has 1 N–H and O–H groups in total. The average Bonchev–Trinajstić information content (AvgIpc) is 3.35. The predicted molar refractivity (Wildman–Crippen MR) is 106 cm³/mol. The molecule has 0 radical (unpaired) electrons. The number of likely N-dealkylation sites (tertiary alicyclic amines) is 1. The van der Waals surface area contributed by atoms with E-state index in [0.717, 1.165) is 44.0 Å². The minimum atomic E-state index is -0.0288. The van der Waals surface area contributed by atoms with Gasteiger partial charge in [0.15, 0.2) is 5.76 Å². The maximum absolute atomic E-state index is 12.7. The van der Waals surface area contributed by atoms with E-state index >= 15 is 0 Å². The zero-order valence-corrected chi connectivity index (χ0v) is 16.2. The highest BCUT2D eigenvalue weighted by molar-refractivity contribution is 6.33. The van der Waals surface area contributed by atoms with Crippen LogP contribution in [0.25, 0.3) is 11.3 Å². The third kappa shape index (κ3) is 4.43. The molecule has 2 fully saturated rings. The summed E-state index contributed by atoms with van der Waals surface area (Å²) in [4.78, 5) is 14.6. The summed E-state index contributed by atoms with van der Waals surface area (Å²) in [5, 5.41) is 4.26. The molecule has 6 heteroatoms. The van der Waals surface area contributed by atoms with Crippen LogP contribution in [0, 0.1) is 5.92 Å². The highest BCUT2D eigenvalue weighted by Gasteiger charge is 2.27. The van der Waals surface area contributed by atoms with Crippen LogP contribution in [0.3, 0.4) is 0 Å². The van der Waals surface area contributed by atoms with E-state index in [4.69, 9.17) is 16.0 Å². The molecule has 1 aliphatic heterocycles. The number of nitrogens with one attached hydrogen (secondary N) is 1. The van der Waals surface area contributed by atoms with Crippen LogP contribution in [0.15, 0.2) is 40.8 Å². The Morgan fingerprint density at radius 2 is 1.85 bits per heavy atom. The van der Waals surface area contributed by atoms with Gasteiger partial charge in [0, 0.05) is 24.7 Å². The highest BCUT2D eigenvalue weighted by atomic mass is 35.5. The van der Waals surface area contributed by atoms with Gasteiger partial charge in [0.05, 0.1) is 5.02 Å². The Hall–Kier alpha value is -1.49. The lowest BCUT2D eigenvalue weighted by atomic mass is 10.0. The minimum Gasteiger partial charge on any atom is -0.451 e. The molecule has 1 aromatic carbocycles. The molecule has 1 aromatic heterocycles. The highest BCUT2D eigenvalue weighted by Crippen LogP contribution is 2.30. The summed E-state index contributed by atoms with van der Waals surface area (Å²) < 4.78 is 5.79. The Kier molecular flexibility index (Phi) is 6.28. The first-order valence-corrected chi connectivity index (χ1v) is 9.46. The second-order valence-electron chi connectivity index (χ2n) is 7.06. The van der Waals surface area contributed by atoms with Gasteiger partial charge in [-0.15, -0.1) is 12.4 Å². The SMILES string of the molecule is Cl.O=C(c1ccc(-c2ccccc2Cl)o1)N1CCC(NCC2CC2)CC1. The summed E-state index contributed by atoms with van der Waals surface area (Å²) in [6.07, 6.45) is 4.76. The van der Waals surface area contributed by atoms with Gasteiger partial charge in [-0.1, -0.05) is 23.7 Å². The Morgan fingerprint density at radius 3 is 2.54 bits per heavy atom. The fourth-order valence-corrected chi connectivity index (χ4v) is 3.59. The number of rotatable bonds is 5. The van der Waals surface area contributed by atoms with Gasteiger partial charge in [0.25, 0.3) is 5.91 Å². The monoisotopic (exact) mass is 394 g/mol. The smallest absolute Gasteiger partial charge is 0.289 e. The van der Waals surface area contributed by atoms with Crippen molar-refractivity contribution in [2.75, 3.05) is 19.6 Å². The van der Waals surface area contributed by atoms with E-state index in [1.54, 1.807) is 6.07 Å². The maximum atomic E-state index is 12.7. The maximum Gasteiger partial charge on any atom is 0.289 e. The molecule has 1 saturated carbocycles. The molecule has 4 rings (SSSR count). The van der Waals surface area contributed by atoms with Crippen molar-refractivity contribution in [3.8, 4) is 11.3 Å². The third-order valence-electron chi connectivity index (χ3n) is 5.13. The van der Waals surface area contributed by atoms with Gasteiger partial charge in [-0.05, 0) is 62.4 Å². The van der Waals surface area contributed by atoms with Gasteiger partial charge in [0.2, 0.25) is 0 Å². The first kappa shape index (κ1) is 19.3. The lowest BCUT2D eigenvalue weighted by Crippen LogP contribution is -2.45. The summed E-state index contributed by atoms with van der Waals surface area (Å²) >= 11 is 6.21. The van der Waals surface area contributed by atoms with Crippen molar-refractivity contribution in [3.63, 3.8) is 0 Å². The van der Waals surface area contributed by atoms with Gasteiger partial charge in [0.1, 0.15) is 5.76 Å². The van der Waals surface area contributed by atoms with Crippen molar-refractivity contribution in [1.82, 2.24) is 10.2 Å². The van der Waals surface area contributed by atoms with E-state index < -0.39 is 0 Å². The van der Waals surface area contributed by atoms with Gasteiger partial charge in [-0.2, -0.15) is 0 Å². The van der Waals surface area contributed by atoms with E-state index in [1.807, 2.05) is 35.2 Å². The number of piperidine rings is 1. The predicted octanol–water partition coefficient (Wildman–Crippen LogP) is 4.63. The van der Waals surface area contributed by atoms with Crippen LogP contribution in [-0.4, -0.2) is 36.5 Å². The quantitative estimate of drug-likeness (QED) is 0.803. The molecule has 2 aromatic rings. The standard InChI is InChI=1S/C20H23ClN2O2.ClH/c21-17-4-2-1-3-16(17)18-7-8-19(25-18)20(24)23-11-9-15(10-12-23)22-13-14-5-6-14;/h1-4,7-8,14-15,22H,5-6,9-13H2;1H. The van der Waals surface area contributed by atoms with E-state index in [-0.39, 0.29) is 18.3 Å². The third-order valence-corrected chi connectivity index (χ3v) is 5.46. The summed E-state index contributed by atoms with van der Waals surface area (Å²) in [6, 6.07) is 11.6. The van der Waals surface area contributed by atoms with Crippen molar-refractivity contribution in [2.24, 2.45) is 5.92 Å². The molecule has 0 bridgehead atoms. The zero-order valence-electron chi connectivity index (χ0n) is 14.6. The van der Waals surface area contributed by atoms with Crippen molar-refractivity contribution in [2.45, 2.75) is 31.7 Å². The van der Waals surface area contributed by atoms with E-state index in [2.05, 4.69) is 5.32 Å². The molecular formula is C20H24Cl2N2O2. The Morgan fingerprint density at radius 1 is 1.12 bits per heavy atom. The Bertz CT molecular complexity index is 750. The van der Waals surface area contributed by atoms with Gasteiger partial charge in [-0.25, -0.2) is 0 Å². The Balaban J connectivity index is 0.00000196. The van der Waals surface area contributed by atoms with Crippen LogP contribution < -0.4 is 5.32 Å². The zero-order chi connectivity index (χ0) is 17.2. The van der Waals surface area contributed by atoms with Crippen molar-refractivity contribution < 1.29 is 9.21 Å². The fraction of sp³-hybridized carbons (Fsp3) is 0.450. The molecule has 140 valence electrons. The summed E-state index contributed by atoms with van der Waals surface area (Å²) in [6.45, 7) is 2.70. The fourth-order valence-electron chi connectivity index (χ4n) is 3.36. The summed E-state index contributed by atoms with van der Waals surface area (Å²) in [5.74, 6) is 1.89. The number of carbonyl (C=O) groups is 1. The van der Waals surface area contributed by atoms with Crippen molar-refractivity contribution >= 4 is 29.9 Å². The summed E-state index contributed by atoms with van der Waals surface area (Å²) in [5.41, 5.74) is 0.811. The molecular weight excluding hydrogens is 371 g/mol. The topological polar surface area (TPSA) is 45.5 Å². The minimum absolute atomic E-state index is 0. The number of furan rings is 1. The molecule has 1 amide bonds. The molecule has 26 heavy (non-hydrogen) atoms. The molecule has 0 unspecified atom stereocenters. The number of halogens is 2. The lowest BCUT2D eigenvalue weighted by Gasteiger charge is -2.32. The molecule has 4 nitrogen and oxygen atoms in total. The number of amides is 1. The van der Waals surface area contributed by atoms with E-state index in [0.29, 0.717) is 22.6 Å². The molecule has 2 aliphatic rings. The number of nitrogens with zero attached hydrogens (tertiary/aromatic N) is 1. The number of carbonyl (C=O) groups excluding carboxylic acids is 1. The summed E-state index contributed by atoms with van der Waals surface area (Å²) in [7, 11) is 0. The largest absolute Gasteiger partial charge is 0.451 e. The average molecular weight is 395 g/mol. The molecule has 0 atom stereocenters. The Labute approximate surface area is 165 Å². The first-order valence-electron chi connectivity index (χ1n) is 9.08. The first-order chi connectivity index (χ1) is 12.2. The van der Waals surface area contributed by atoms with Gasteiger partial charge >= 0.3 is 0 Å². The van der Waals surface area contributed by atoms with E-state index in [9.17, 15) is 4.79 Å². The van der Waals surface area contributed by atoms with Crippen molar-refractivity contribution in [3.05, 3.63) is 47.2 Å². The van der Waals surface area contributed by atoms with Crippen molar-refractivity contribution in [1.29, 1.82) is 0 Å². The normalized spacial score (nSPS) is 17.8. The van der Waals surface area contributed by atoms with Crippen LogP contribution in [0.5, 0.6) is 0 Å². The van der Waals surface area contributed by atoms with Crippen LogP contribution in [0.2, 0.25) is 5.02 Å². The van der Waals surface area contributed by atoms with Gasteiger partial charge < -0.3 is 14.6 Å². The van der Waals surface area contributed by atoms with Crippen LogP contribution in [0.1, 0.15) is 36.2 Å². The number of hydrogen-bond donors (Lipinski definition) is 1. The second-order valence-corrected chi connectivity index (χ2v) is 7.47. The molecule has 1 aliphatic carbocycles. The molecule has 1 saturated heterocycles. The van der Waals surface area contributed by atoms with E-state index in [1.165, 1.54) is 12.8 Å². The number of benzene rings is 1. The van der Waals surface area contributed by atoms with Gasteiger partial charge in [-0.3, -0.25) is 4.79 Å². The van der Waals surface area contributed by atoms with Crippen LogP contribution in [0.4, 0.5) is 0 Å².